The fourth-order valence-corrected chi connectivity index (χ4v) is 1.48. The second-order valence-corrected chi connectivity index (χ2v) is 4.00. The Balaban J connectivity index is 1.91. The predicted octanol–water partition coefficient (Wildman–Crippen LogP) is 1.70. The lowest BCUT2D eigenvalue weighted by Crippen LogP contribution is -2.20. The molecule has 0 aliphatic carbocycles. The van der Waals surface area contributed by atoms with Crippen LogP contribution in [0.15, 0.2) is 34.9 Å². The number of carbonyl (C=O) groups is 2. The third-order valence-electron chi connectivity index (χ3n) is 2.35. The number of carbonyl (C=O) groups excluding carboxylic acids is 1. The minimum Gasteiger partial charge on any atom is -0.478 e. The number of aryl methyl sites for hydroxylation is 1. The van der Waals surface area contributed by atoms with E-state index in [0.29, 0.717) is 11.4 Å². The molecule has 0 aliphatic rings. The number of aromatic nitrogens is 1. The molecule has 0 spiro atoms. The summed E-state index contributed by atoms with van der Waals surface area (Å²) in [5, 5.41) is 14.9. The topological polar surface area (TPSA) is 102 Å². The number of anilines is 1. The van der Waals surface area contributed by atoms with Crippen molar-refractivity contribution in [3.8, 4) is 5.88 Å². The van der Waals surface area contributed by atoms with E-state index in [4.69, 9.17) is 14.4 Å². The second-order valence-electron chi connectivity index (χ2n) is 4.00. The Hall–Kier alpha value is -2.83. The molecule has 20 heavy (non-hydrogen) atoms. The Morgan fingerprint density at radius 1 is 1.40 bits per heavy atom. The summed E-state index contributed by atoms with van der Waals surface area (Å²) in [6, 6.07) is 7.48. The van der Waals surface area contributed by atoms with Crippen molar-refractivity contribution in [3.05, 3.63) is 41.7 Å². The number of rotatable bonds is 5. The number of nitrogens with zero attached hydrogens (tertiary/aromatic N) is 1. The van der Waals surface area contributed by atoms with Gasteiger partial charge in [0.15, 0.2) is 6.61 Å². The molecule has 0 atom stereocenters. The number of ether oxygens (including phenoxy) is 1. The molecule has 2 rings (SSSR count). The van der Waals surface area contributed by atoms with Gasteiger partial charge in [0.1, 0.15) is 5.76 Å². The van der Waals surface area contributed by atoms with Crippen LogP contribution in [0.3, 0.4) is 0 Å². The Bertz CT molecular complexity index is 635. The van der Waals surface area contributed by atoms with Gasteiger partial charge in [0.25, 0.3) is 11.8 Å². The highest BCUT2D eigenvalue weighted by Crippen LogP contribution is 2.12. The molecule has 7 nitrogen and oxygen atoms in total. The molecule has 1 amide bonds. The van der Waals surface area contributed by atoms with Crippen LogP contribution in [0.5, 0.6) is 5.88 Å². The minimum atomic E-state index is -1.06. The fourth-order valence-electron chi connectivity index (χ4n) is 1.48. The van der Waals surface area contributed by atoms with Crippen LogP contribution >= 0.6 is 0 Å². The summed E-state index contributed by atoms with van der Waals surface area (Å²) in [6.45, 7) is 1.46. The Kier molecular flexibility index (Phi) is 3.99. The molecule has 104 valence electrons. The smallest absolute Gasteiger partial charge is 0.335 e. The molecular formula is C13H12N2O5. The summed E-state index contributed by atoms with van der Waals surface area (Å²) >= 11 is 0. The van der Waals surface area contributed by atoms with Crippen LogP contribution in [0.4, 0.5) is 5.69 Å². The summed E-state index contributed by atoms with van der Waals surface area (Å²) < 4.78 is 9.89. The molecule has 0 saturated heterocycles. The lowest BCUT2D eigenvalue weighted by atomic mass is 10.2. The monoisotopic (exact) mass is 276 g/mol. The Labute approximate surface area is 114 Å². The van der Waals surface area contributed by atoms with Crippen LogP contribution in [0.25, 0.3) is 0 Å². The lowest BCUT2D eigenvalue weighted by Gasteiger charge is -2.06. The van der Waals surface area contributed by atoms with Crippen LogP contribution in [-0.4, -0.2) is 28.7 Å². The van der Waals surface area contributed by atoms with Crippen molar-refractivity contribution in [1.29, 1.82) is 0 Å². The maximum Gasteiger partial charge on any atom is 0.335 e. The maximum atomic E-state index is 11.6. The van der Waals surface area contributed by atoms with Crippen LogP contribution in [0.1, 0.15) is 16.1 Å². The van der Waals surface area contributed by atoms with Gasteiger partial charge in [-0.3, -0.25) is 4.79 Å². The van der Waals surface area contributed by atoms with Gasteiger partial charge in [0.05, 0.1) is 5.56 Å². The van der Waals surface area contributed by atoms with Gasteiger partial charge >= 0.3 is 5.97 Å². The van der Waals surface area contributed by atoms with E-state index in [1.165, 1.54) is 12.1 Å². The Morgan fingerprint density at radius 3 is 2.85 bits per heavy atom. The van der Waals surface area contributed by atoms with Gasteiger partial charge in [-0.15, -0.1) is 0 Å². The Morgan fingerprint density at radius 2 is 2.20 bits per heavy atom. The van der Waals surface area contributed by atoms with Gasteiger partial charge < -0.3 is 19.7 Å². The maximum absolute atomic E-state index is 11.6. The summed E-state index contributed by atoms with van der Waals surface area (Å²) in [6.07, 6.45) is 0. The standard InChI is InChI=1S/C13H12N2O5/c1-8-5-12(15-20-8)19-7-11(16)14-10-4-2-3-9(6-10)13(17)18/h2-6H,7H2,1H3,(H,14,16)(H,17,18). The van der Waals surface area contributed by atoms with Gasteiger partial charge in [-0.2, -0.15) is 0 Å². The molecule has 0 unspecified atom stereocenters. The largest absolute Gasteiger partial charge is 0.478 e. The van der Waals surface area contributed by atoms with E-state index in [0.717, 1.165) is 0 Å². The van der Waals surface area contributed by atoms with Crippen molar-refractivity contribution in [3.63, 3.8) is 0 Å². The first kappa shape index (κ1) is 13.6. The number of carboxylic acid groups (broad SMARTS) is 1. The molecule has 0 radical (unpaired) electrons. The molecular weight excluding hydrogens is 264 g/mol. The number of nitrogens with one attached hydrogen (secondary N) is 1. The van der Waals surface area contributed by atoms with Crippen molar-refractivity contribution < 1.29 is 24.0 Å². The second kappa shape index (κ2) is 5.87. The van der Waals surface area contributed by atoms with Crippen LogP contribution in [0, 0.1) is 6.92 Å². The molecule has 0 aliphatic heterocycles. The van der Waals surface area contributed by atoms with Crippen LogP contribution in [0.2, 0.25) is 0 Å². The van der Waals surface area contributed by atoms with Crippen molar-refractivity contribution in [2.24, 2.45) is 0 Å². The molecule has 0 saturated carbocycles. The van der Waals surface area contributed by atoms with Crippen LogP contribution < -0.4 is 10.1 Å². The first-order chi connectivity index (χ1) is 9.54. The molecule has 0 fully saturated rings. The molecule has 2 N–H and O–H groups in total. The average Bonchev–Trinajstić information content (AvgIpc) is 2.82. The molecule has 1 heterocycles. The highest BCUT2D eigenvalue weighted by atomic mass is 16.5. The van der Waals surface area contributed by atoms with Crippen LogP contribution in [-0.2, 0) is 4.79 Å². The minimum absolute atomic E-state index is 0.0934. The number of hydrogen-bond acceptors (Lipinski definition) is 5. The average molecular weight is 276 g/mol. The van der Waals surface area contributed by atoms with Crippen molar-refractivity contribution >= 4 is 17.6 Å². The predicted molar refractivity (Wildman–Crippen MR) is 68.8 cm³/mol. The fraction of sp³-hybridized carbons (Fsp3) is 0.154. The normalized spacial score (nSPS) is 10.1. The third-order valence-corrected chi connectivity index (χ3v) is 2.35. The number of hydrogen-bond donors (Lipinski definition) is 2. The van der Waals surface area contributed by atoms with E-state index in [2.05, 4.69) is 10.5 Å². The third kappa shape index (κ3) is 3.58. The number of benzene rings is 1. The van der Waals surface area contributed by atoms with Gasteiger partial charge in [-0.05, 0) is 30.3 Å². The van der Waals surface area contributed by atoms with Crippen molar-refractivity contribution in [1.82, 2.24) is 5.16 Å². The lowest BCUT2D eigenvalue weighted by molar-refractivity contribution is -0.118. The molecule has 1 aromatic heterocycles. The summed E-state index contributed by atoms with van der Waals surface area (Å²) in [5.41, 5.74) is 0.477. The zero-order valence-electron chi connectivity index (χ0n) is 10.6. The van der Waals surface area contributed by atoms with E-state index in [9.17, 15) is 9.59 Å². The van der Waals surface area contributed by atoms with E-state index in [1.807, 2.05) is 0 Å². The number of aromatic carboxylic acids is 1. The molecule has 1 aromatic carbocycles. The number of amides is 1. The summed E-state index contributed by atoms with van der Waals surface area (Å²) in [5.74, 6) is -0.685. The summed E-state index contributed by atoms with van der Waals surface area (Å²) in [4.78, 5) is 22.4. The molecule has 0 bridgehead atoms. The van der Waals surface area contributed by atoms with Gasteiger partial charge in [-0.1, -0.05) is 6.07 Å². The van der Waals surface area contributed by atoms with E-state index in [1.54, 1.807) is 25.1 Å². The van der Waals surface area contributed by atoms with E-state index in [-0.39, 0.29) is 18.1 Å². The zero-order valence-corrected chi connectivity index (χ0v) is 10.6. The highest BCUT2D eigenvalue weighted by Gasteiger charge is 2.08. The quantitative estimate of drug-likeness (QED) is 0.861. The SMILES string of the molecule is Cc1cc(OCC(=O)Nc2cccc(C(=O)O)c2)no1. The van der Waals surface area contributed by atoms with E-state index < -0.39 is 11.9 Å². The van der Waals surface area contributed by atoms with Gasteiger partial charge in [0, 0.05) is 11.8 Å². The highest BCUT2D eigenvalue weighted by molar-refractivity contribution is 5.94. The molecule has 7 heteroatoms. The first-order valence-corrected chi connectivity index (χ1v) is 5.74. The van der Waals surface area contributed by atoms with Crippen molar-refractivity contribution in [2.45, 2.75) is 6.92 Å². The summed E-state index contributed by atoms with van der Waals surface area (Å²) in [7, 11) is 0. The van der Waals surface area contributed by atoms with Gasteiger partial charge in [-0.25, -0.2) is 4.79 Å². The first-order valence-electron chi connectivity index (χ1n) is 5.74. The van der Waals surface area contributed by atoms with Crippen molar-refractivity contribution in [2.75, 3.05) is 11.9 Å². The van der Waals surface area contributed by atoms with Gasteiger partial charge in [0.2, 0.25) is 0 Å². The zero-order chi connectivity index (χ0) is 14.5. The number of carboxylic acids is 1. The van der Waals surface area contributed by atoms with E-state index >= 15 is 0 Å². The molecule has 2 aromatic rings.